The number of benzene rings is 1. The van der Waals surface area contributed by atoms with E-state index in [0.717, 1.165) is 5.56 Å². The average molecular weight is 299 g/mol. The molecule has 0 radical (unpaired) electrons. The van der Waals surface area contributed by atoms with Crippen LogP contribution in [0.25, 0.3) is 11.3 Å². The molecule has 0 bridgehead atoms. The van der Waals surface area contributed by atoms with Crippen LogP contribution in [0.2, 0.25) is 0 Å². The summed E-state index contributed by atoms with van der Waals surface area (Å²) in [5.74, 6) is -1.23. The maximum Gasteiger partial charge on any atom is 0.271 e. The number of amides is 1. The molecule has 0 fully saturated rings. The molecule has 2 aromatic rings. The summed E-state index contributed by atoms with van der Waals surface area (Å²) in [6.45, 7) is 0. The van der Waals surface area contributed by atoms with Gasteiger partial charge in [-0.15, -0.1) is 0 Å². The number of aromatic nitrogens is 3. The van der Waals surface area contributed by atoms with Gasteiger partial charge in [-0.3, -0.25) is 4.79 Å². The summed E-state index contributed by atoms with van der Waals surface area (Å²) in [6.07, 6.45) is 0. The summed E-state index contributed by atoms with van der Waals surface area (Å²) in [7, 11) is 0. The topological polar surface area (TPSA) is 84.7 Å². The predicted octanol–water partition coefficient (Wildman–Crippen LogP) is 1.60. The maximum absolute atomic E-state index is 13.8. The molecule has 0 aliphatic heterocycles. The van der Waals surface area contributed by atoms with E-state index in [0.29, 0.717) is 5.33 Å². The molecule has 1 heterocycles. The fourth-order valence-corrected chi connectivity index (χ4v) is 1.77. The summed E-state index contributed by atoms with van der Waals surface area (Å²) in [6, 6.07) is 4.63. The van der Waals surface area contributed by atoms with E-state index < -0.39 is 11.7 Å². The predicted molar refractivity (Wildman–Crippen MR) is 62.9 cm³/mol. The van der Waals surface area contributed by atoms with Gasteiger partial charge in [0.25, 0.3) is 5.91 Å². The number of nitrogens with zero attached hydrogens (tertiary/aromatic N) is 2. The molecule has 0 aliphatic carbocycles. The van der Waals surface area contributed by atoms with Crippen molar-refractivity contribution in [3.8, 4) is 11.3 Å². The number of nitrogens with one attached hydrogen (secondary N) is 1. The molecular formula is C10H8BrFN4O. The van der Waals surface area contributed by atoms with Crippen molar-refractivity contribution in [1.29, 1.82) is 0 Å². The van der Waals surface area contributed by atoms with E-state index >= 15 is 0 Å². The molecular weight excluding hydrogens is 291 g/mol. The molecule has 5 nitrogen and oxygen atoms in total. The minimum Gasteiger partial charge on any atom is -0.364 e. The first-order valence-corrected chi connectivity index (χ1v) is 5.81. The van der Waals surface area contributed by atoms with Crippen molar-refractivity contribution < 1.29 is 9.18 Å². The molecule has 3 N–H and O–H groups in total. The van der Waals surface area contributed by atoms with Crippen LogP contribution >= 0.6 is 15.9 Å². The summed E-state index contributed by atoms with van der Waals surface area (Å²) < 4.78 is 13.8. The second-order valence-corrected chi connectivity index (χ2v) is 3.89. The van der Waals surface area contributed by atoms with E-state index in [4.69, 9.17) is 5.73 Å². The van der Waals surface area contributed by atoms with Gasteiger partial charge in [0, 0.05) is 10.9 Å². The fourth-order valence-electron chi connectivity index (χ4n) is 1.42. The first-order chi connectivity index (χ1) is 8.13. The van der Waals surface area contributed by atoms with Gasteiger partial charge >= 0.3 is 0 Å². The van der Waals surface area contributed by atoms with Crippen molar-refractivity contribution in [3.63, 3.8) is 0 Å². The van der Waals surface area contributed by atoms with Gasteiger partial charge in [0.05, 0.1) is 0 Å². The van der Waals surface area contributed by atoms with Gasteiger partial charge in [-0.1, -0.05) is 22.0 Å². The Labute approximate surface area is 104 Å². The smallest absolute Gasteiger partial charge is 0.271 e. The van der Waals surface area contributed by atoms with E-state index in [9.17, 15) is 9.18 Å². The number of hydrogen-bond donors (Lipinski definition) is 2. The summed E-state index contributed by atoms with van der Waals surface area (Å²) in [4.78, 5) is 11.1. The van der Waals surface area contributed by atoms with Crippen LogP contribution in [0.15, 0.2) is 18.2 Å². The number of carbonyl (C=O) groups is 1. The molecule has 88 valence electrons. The highest BCUT2D eigenvalue weighted by atomic mass is 79.9. The molecule has 0 saturated carbocycles. The van der Waals surface area contributed by atoms with Gasteiger partial charge < -0.3 is 5.73 Å². The number of rotatable bonds is 3. The van der Waals surface area contributed by atoms with Gasteiger partial charge in [-0.25, -0.2) is 4.39 Å². The number of H-pyrrole nitrogens is 1. The number of carbonyl (C=O) groups excluding carboxylic acids is 1. The van der Waals surface area contributed by atoms with E-state index in [1.54, 1.807) is 6.07 Å². The van der Waals surface area contributed by atoms with Crippen LogP contribution < -0.4 is 5.73 Å². The molecule has 0 aliphatic rings. The minimum absolute atomic E-state index is 0.0736. The third kappa shape index (κ3) is 2.19. The first-order valence-electron chi connectivity index (χ1n) is 4.69. The second-order valence-electron chi connectivity index (χ2n) is 3.33. The quantitative estimate of drug-likeness (QED) is 0.844. The molecule has 1 aromatic heterocycles. The third-order valence-electron chi connectivity index (χ3n) is 2.22. The number of aromatic amines is 1. The van der Waals surface area contributed by atoms with Crippen molar-refractivity contribution in [3.05, 3.63) is 35.3 Å². The van der Waals surface area contributed by atoms with Crippen LogP contribution in [0.1, 0.15) is 16.1 Å². The maximum atomic E-state index is 13.8. The Morgan fingerprint density at radius 1 is 1.47 bits per heavy atom. The minimum atomic E-state index is -0.752. The lowest BCUT2D eigenvalue weighted by Gasteiger charge is -2.02. The summed E-state index contributed by atoms with van der Waals surface area (Å²) >= 11 is 3.23. The van der Waals surface area contributed by atoms with Crippen LogP contribution in [-0.4, -0.2) is 21.3 Å². The van der Waals surface area contributed by atoms with E-state index in [1.165, 1.54) is 12.1 Å². The number of nitrogens with two attached hydrogens (primary N) is 1. The average Bonchev–Trinajstić information content (AvgIpc) is 2.77. The SMILES string of the molecule is NC(=O)c1n[nH]nc1-c1ccc(CBr)cc1F. The Kier molecular flexibility index (Phi) is 3.19. The zero-order chi connectivity index (χ0) is 12.4. The molecule has 0 atom stereocenters. The molecule has 1 amide bonds. The highest BCUT2D eigenvalue weighted by Crippen LogP contribution is 2.24. The Morgan fingerprint density at radius 3 is 2.82 bits per heavy atom. The van der Waals surface area contributed by atoms with Gasteiger partial charge in [0.2, 0.25) is 0 Å². The number of halogens is 2. The third-order valence-corrected chi connectivity index (χ3v) is 2.87. The van der Waals surface area contributed by atoms with Gasteiger partial charge in [0.1, 0.15) is 11.5 Å². The highest BCUT2D eigenvalue weighted by Gasteiger charge is 2.18. The lowest BCUT2D eigenvalue weighted by Crippen LogP contribution is -2.13. The number of hydrogen-bond acceptors (Lipinski definition) is 3. The van der Waals surface area contributed by atoms with Crippen LogP contribution in [0, 0.1) is 5.82 Å². The van der Waals surface area contributed by atoms with Crippen LogP contribution in [0.3, 0.4) is 0 Å². The number of primary amides is 1. The standard InChI is InChI=1S/C10H8BrFN4O/c11-4-5-1-2-6(7(12)3-5)8-9(10(13)17)15-16-14-8/h1-3H,4H2,(H2,13,17)(H,14,15,16). The van der Waals surface area contributed by atoms with Crippen molar-refractivity contribution in [2.24, 2.45) is 5.73 Å². The Morgan fingerprint density at radius 2 is 2.24 bits per heavy atom. The molecule has 0 unspecified atom stereocenters. The highest BCUT2D eigenvalue weighted by molar-refractivity contribution is 9.08. The summed E-state index contributed by atoms with van der Waals surface area (Å²) in [5, 5.41) is 10.1. The van der Waals surface area contributed by atoms with Crippen molar-refractivity contribution in [2.75, 3.05) is 0 Å². The summed E-state index contributed by atoms with van der Waals surface area (Å²) in [5.41, 5.74) is 6.14. The lowest BCUT2D eigenvalue weighted by atomic mass is 10.1. The van der Waals surface area contributed by atoms with Crippen molar-refractivity contribution in [2.45, 2.75) is 5.33 Å². The van der Waals surface area contributed by atoms with Crippen LogP contribution in [0.4, 0.5) is 4.39 Å². The Hall–Kier alpha value is -1.76. The van der Waals surface area contributed by atoms with Crippen LogP contribution in [-0.2, 0) is 5.33 Å². The van der Waals surface area contributed by atoms with Gasteiger partial charge in [-0.05, 0) is 17.7 Å². The molecule has 2 rings (SSSR count). The largest absolute Gasteiger partial charge is 0.364 e. The lowest BCUT2D eigenvalue weighted by molar-refractivity contribution is 0.0996. The van der Waals surface area contributed by atoms with Crippen molar-refractivity contribution in [1.82, 2.24) is 15.4 Å². The van der Waals surface area contributed by atoms with Crippen molar-refractivity contribution >= 4 is 21.8 Å². The number of alkyl halides is 1. The molecule has 1 aromatic carbocycles. The monoisotopic (exact) mass is 298 g/mol. The first kappa shape index (κ1) is 11.7. The molecule has 7 heteroatoms. The van der Waals surface area contributed by atoms with Crippen LogP contribution in [0.5, 0.6) is 0 Å². The van der Waals surface area contributed by atoms with Gasteiger partial charge in [-0.2, -0.15) is 15.4 Å². The molecule has 17 heavy (non-hydrogen) atoms. The fraction of sp³-hybridized carbons (Fsp3) is 0.100. The van der Waals surface area contributed by atoms with Gasteiger partial charge in [0.15, 0.2) is 5.69 Å². The zero-order valence-corrected chi connectivity index (χ0v) is 10.2. The van der Waals surface area contributed by atoms with E-state index in [2.05, 4.69) is 31.3 Å². The molecule has 0 saturated heterocycles. The van der Waals surface area contributed by atoms with E-state index in [1.807, 2.05) is 0 Å². The van der Waals surface area contributed by atoms with E-state index in [-0.39, 0.29) is 17.0 Å². The Bertz CT molecular complexity index is 569. The normalized spacial score (nSPS) is 10.5. The Balaban J connectivity index is 2.53. The second kappa shape index (κ2) is 4.62. The zero-order valence-electron chi connectivity index (χ0n) is 8.58. The molecule has 0 spiro atoms.